The molecule has 0 saturated carbocycles. The molecule has 0 amide bonds. The first-order chi connectivity index (χ1) is 17.7. The Balaban J connectivity index is 1.15. The molecule has 3 aliphatic rings. The number of rotatable bonds is 4. The monoisotopic (exact) mass is 475 g/mol. The molecule has 0 aliphatic carbocycles. The van der Waals surface area contributed by atoms with Gasteiger partial charge >= 0.3 is 0 Å². The maximum atomic E-state index is 4.97. The van der Waals surface area contributed by atoms with E-state index in [1.165, 1.54) is 42.7 Å². The summed E-state index contributed by atoms with van der Waals surface area (Å²) in [4.78, 5) is 16.6. The van der Waals surface area contributed by atoms with Crippen molar-refractivity contribution in [3.8, 4) is 11.4 Å². The van der Waals surface area contributed by atoms with E-state index in [0.717, 1.165) is 53.2 Å². The van der Waals surface area contributed by atoms with E-state index in [1.54, 1.807) is 0 Å². The highest BCUT2D eigenvalue weighted by Gasteiger charge is 2.41. The van der Waals surface area contributed by atoms with E-state index in [4.69, 9.17) is 4.98 Å². The summed E-state index contributed by atoms with van der Waals surface area (Å²) in [5.41, 5.74) is 7.87. The summed E-state index contributed by atoms with van der Waals surface area (Å²) in [5.74, 6) is 0.736. The molecule has 7 nitrogen and oxygen atoms in total. The Bertz CT molecular complexity index is 1490. The van der Waals surface area contributed by atoms with Crippen LogP contribution in [-0.4, -0.2) is 46.0 Å². The van der Waals surface area contributed by atoms with Crippen LogP contribution < -0.4 is 5.32 Å². The van der Waals surface area contributed by atoms with E-state index in [9.17, 15) is 0 Å². The normalized spacial score (nSPS) is 20.0. The lowest BCUT2D eigenvalue weighted by Gasteiger charge is -2.39. The van der Waals surface area contributed by atoms with E-state index in [-0.39, 0.29) is 11.5 Å². The second-order valence-electron chi connectivity index (χ2n) is 10.3. The predicted molar refractivity (Wildman–Crippen MR) is 142 cm³/mol. The van der Waals surface area contributed by atoms with Crippen LogP contribution in [0, 0.1) is 0 Å². The Morgan fingerprint density at radius 3 is 2.86 bits per heavy atom. The fraction of sp³-hybridized carbons (Fsp3) is 0.345. The highest BCUT2D eigenvalue weighted by Crippen LogP contribution is 2.45. The molecule has 2 aromatic heterocycles. The van der Waals surface area contributed by atoms with Gasteiger partial charge in [0.05, 0.1) is 17.4 Å². The van der Waals surface area contributed by atoms with Crippen LogP contribution in [0.25, 0.3) is 22.3 Å². The molecular weight excluding hydrogens is 446 g/mol. The van der Waals surface area contributed by atoms with E-state index in [0.29, 0.717) is 0 Å². The van der Waals surface area contributed by atoms with Crippen LogP contribution in [-0.2, 0) is 11.8 Å². The van der Waals surface area contributed by atoms with Crippen molar-refractivity contribution in [2.75, 3.05) is 31.5 Å². The third-order valence-electron chi connectivity index (χ3n) is 8.24. The van der Waals surface area contributed by atoms with Crippen molar-refractivity contribution >= 4 is 22.3 Å². The van der Waals surface area contributed by atoms with Gasteiger partial charge in [0, 0.05) is 41.2 Å². The average Bonchev–Trinajstić information content (AvgIpc) is 3.50. The lowest BCUT2D eigenvalue weighted by Crippen LogP contribution is -2.43. The quantitative estimate of drug-likeness (QED) is 0.400. The van der Waals surface area contributed by atoms with Gasteiger partial charge < -0.3 is 10.2 Å². The fourth-order valence-corrected chi connectivity index (χ4v) is 6.04. The van der Waals surface area contributed by atoms with Gasteiger partial charge in [-0.1, -0.05) is 31.2 Å². The van der Waals surface area contributed by atoms with Crippen molar-refractivity contribution in [1.82, 2.24) is 19.9 Å². The van der Waals surface area contributed by atoms with Crippen LogP contribution in [0.1, 0.15) is 42.6 Å². The molecule has 1 N–H and O–H groups in total. The molecule has 3 aliphatic heterocycles. The number of benzene rings is 2. The van der Waals surface area contributed by atoms with Gasteiger partial charge in [0.25, 0.3) is 0 Å². The highest BCUT2D eigenvalue weighted by atomic mass is 15.2. The Hall–Kier alpha value is -3.71. The van der Waals surface area contributed by atoms with Gasteiger partial charge in [-0.2, -0.15) is 10.2 Å². The number of aromatic nitrogens is 3. The maximum absolute atomic E-state index is 4.97. The van der Waals surface area contributed by atoms with Crippen LogP contribution in [0.3, 0.4) is 0 Å². The molecule has 1 fully saturated rings. The Labute approximate surface area is 210 Å². The number of hydrogen-bond acceptors (Lipinski definition) is 7. The topological polar surface area (TPSA) is 78.7 Å². The first-order valence-corrected chi connectivity index (χ1v) is 12.9. The van der Waals surface area contributed by atoms with Gasteiger partial charge in [-0.05, 0) is 67.9 Å². The molecule has 180 valence electrons. The number of nitrogens with one attached hydrogen (secondary N) is 1. The van der Waals surface area contributed by atoms with Crippen molar-refractivity contribution in [3.05, 3.63) is 77.7 Å². The molecule has 1 spiro atoms. The van der Waals surface area contributed by atoms with Crippen molar-refractivity contribution in [2.45, 2.75) is 37.6 Å². The van der Waals surface area contributed by atoms with Gasteiger partial charge in [-0.15, -0.1) is 0 Å². The number of pyridine rings is 1. The number of fused-ring (bicyclic) bond motifs is 4. The number of likely N-dealkylation sites (tertiary alicyclic amines) is 1. The van der Waals surface area contributed by atoms with Crippen LogP contribution >= 0.6 is 0 Å². The lowest BCUT2D eigenvalue weighted by molar-refractivity contribution is 0.176. The molecule has 36 heavy (non-hydrogen) atoms. The zero-order valence-electron chi connectivity index (χ0n) is 20.5. The molecule has 2 aromatic carbocycles. The van der Waals surface area contributed by atoms with Crippen LogP contribution in [0.2, 0.25) is 0 Å². The molecular formula is C29H29N7. The summed E-state index contributed by atoms with van der Waals surface area (Å²) < 4.78 is 0. The second-order valence-corrected chi connectivity index (χ2v) is 10.3. The van der Waals surface area contributed by atoms with Crippen LogP contribution in [0.4, 0.5) is 11.4 Å². The van der Waals surface area contributed by atoms with Crippen LogP contribution in [0.15, 0.2) is 71.2 Å². The Morgan fingerprint density at radius 1 is 1.06 bits per heavy atom. The van der Waals surface area contributed by atoms with Gasteiger partial charge in [-0.25, -0.2) is 9.97 Å². The lowest BCUT2D eigenvalue weighted by atomic mass is 9.74. The van der Waals surface area contributed by atoms with Crippen molar-refractivity contribution in [2.24, 2.45) is 10.2 Å². The zero-order valence-corrected chi connectivity index (χ0v) is 20.5. The van der Waals surface area contributed by atoms with Gasteiger partial charge in [0.2, 0.25) is 0 Å². The second kappa shape index (κ2) is 8.45. The summed E-state index contributed by atoms with van der Waals surface area (Å²) in [6, 6.07) is 17.1. The number of nitrogens with zero attached hydrogens (tertiary/aromatic N) is 6. The molecule has 0 radical (unpaired) electrons. The Morgan fingerprint density at radius 2 is 1.97 bits per heavy atom. The number of piperidine rings is 1. The molecule has 0 bridgehead atoms. The summed E-state index contributed by atoms with van der Waals surface area (Å²) in [6.45, 7) is 6.77. The van der Waals surface area contributed by atoms with E-state index in [2.05, 4.69) is 79.8 Å². The van der Waals surface area contributed by atoms with E-state index >= 15 is 0 Å². The number of anilines is 1. The summed E-state index contributed by atoms with van der Waals surface area (Å²) in [5, 5.41) is 13.7. The minimum absolute atomic E-state index is 0.101. The predicted octanol–water partition coefficient (Wildman–Crippen LogP) is 5.85. The van der Waals surface area contributed by atoms with Gasteiger partial charge in [-0.3, -0.25) is 4.98 Å². The molecule has 4 aromatic rings. The van der Waals surface area contributed by atoms with Gasteiger partial charge in [0.15, 0.2) is 5.82 Å². The van der Waals surface area contributed by atoms with Crippen molar-refractivity contribution in [1.29, 1.82) is 0 Å². The van der Waals surface area contributed by atoms with Crippen LogP contribution in [0.5, 0.6) is 0 Å². The highest BCUT2D eigenvalue weighted by molar-refractivity contribution is 5.79. The van der Waals surface area contributed by atoms with E-state index in [1.807, 2.05) is 18.5 Å². The molecule has 7 heteroatoms. The van der Waals surface area contributed by atoms with Crippen molar-refractivity contribution in [3.63, 3.8) is 0 Å². The summed E-state index contributed by atoms with van der Waals surface area (Å²) in [6.07, 6.45) is 6.82. The third kappa shape index (κ3) is 3.57. The molecule has 5 heterocycles. The molecule has 1 unspecified atom stereocenters. The molecule has 1 atom stereocenters. The summed E-state index contributed by atoms with van der Waals surface area (Å²) >= 11 is 0. The smallest absolute Gasteiger partial charge is 0.159 e. The third-order valence-corrected chi connectivity index (χ3v) is 8.24. The Kier molecular flexibility index (Phi) is 5.06. The minimum Gasteiger partial charge on any atom is -0.384 e. The first-order valence-electron chi connectivity index (χ1n) is 12.9. The summed E-state index contributed by atoms with van der Waals surface area (Å²) in [7, 11) is 0. The zero-order chi connectivity index (χ0) is 24.1. The maximum Gasteiger partial charge on any atom is 0.159 e. The molecule has 1 saturated heterocycles. The average molecular weight is 476 g/mol. The van der Waals surface area contributed by atoms with Gasteiger partial charge in [0.1, 0.15) is 11.7 Å². The standard InChI is InChI=1S/C29H29N7/c1-2-36-12-9-29(10-13-36)18-32-24-16-21(6-7-22(24)29)28-31-17-26-27(33-28)25(34-35-26)15-19-5-8-23-20(14-19)4-3-11-30-23/h3-8,11,14,16-17,25,32H,2,9-10,12-13,15,18H2,1H3. The minimum atomic E-state index is -0.101. The number of hydrogen-bond donors (Lipinski definition) is 1. The SMILES string of the molecule is CCN1CCC2(CC1)CNc1cc(-c3ncc4c(n3)C(Cc3ccc5ncccc5c3)N=N4)ccc12. The first kappa shape index (κ1) is 21.6. The number of azo groups is 1. The molecule has 7 rings (SSSR count). The fourth-order valence-electron chi connectivity index (χ4n) is 6.04. The van der Waals surface area contributed by atoms with Crippen molar-refractivity contribution < 1.29 is 0 Å². The largest absolute Gasteiger partial charge is 0.384 e. The van der Waals surface area contributed by atoms with E-state index < -0.39 is 0 Å².